The Kier molecular flexibility index (Phi) is 6.98. The zero-order valence-corrected chi connectivity index (χ0v) is 20.6. The number of thioether (sulfide) groups is 1. The number of amidine groups is 2. The quantitative estimate of drug-likeness (QED) is 0.373. The van der Waals surface area contributed by atoms with Crippen LogP contribution in [0.25, 0.3) is 11.8 Å². The standard InChI is InChI=1S/C26H31N5OS/c1-5-7-8-9-10-23-29-31-24(27)22(25(32)28-26(31)33-23)16-20-15-17(3)30(18(20)4)21-13-11-19(6-2)12-14-21/h11-16,27H,5-10H2,1-4H3/b22-16+,27-24?. The van der Waals surface area contributed by atoms with Gasteiger partial charge in [0.05, 0.1) is 5.57 Å². The van der Waals surface area contributed by atoms with Crippen molar-refractivity contribution in [2.75, 3.05) is 0 Å². The van der Waals surface area contributed by atoms with Gasteiger partial charge in [0.25, 0.3) is 5.91 Å². The number of nitrogens with one attached hydrogen (secondary N) is 1. The van der Waals surface area contributed by atoms with Gasteiger partial charge in [-0.15, -0.1) is 0 Å². The van der Waals surface area contributed by atoms with Gasteiger partial charge >= 0.3 is 0 Å². The number of rotatable bonds is 8. The van der Waals surface area contributed by atoms with Crippen LogP contribution < -0.4 is 0 Å². The molecule has 33 heavy (non-hydrogen) atoms. The lowest BCUT2D eigenvalue weighted by Crippen LogP contribution is -2.35. The maximum absolute atomic E-state index is 12.8. The van der Waals surface area contributed by atoms with Crippen molar-refractivity contribution in [3.63, 3.8) is 0 Å². The van der Waals surface area contributed by atoms with Crippen molar-refractivity contribution >= 4 is 39.8 Å². The summed E-state index contributed by atoms with van der Waals surface area (Å²) in [7, 11) is 0. The number of benzene rings is 1. The first-order chi connectivity index (χ1) is 15.9. The molecule has 0 saturated carbocycles. The van der Waals surface area contributed by atoms with E-state index in [1.54, 1.807) is 6.08 Å². The summed E-state index contributed by atoms with van der Waals surface area (Å²) in [5.41, 5.74) is 5.67. The Labute approximate surface area is 200 Å². The van der Waals surface area contributed by atoms with Crippen LogP contribution in [0.15, 0.2) is 46.0 Å². The van der Waals surface area contributed by atoms with Crippen molar-refractivity contribution in [3.8, 4) is 5.69 Å². The third-order valence-corrected chi connectivity index (χ3v) is 7.08. The van der Waals surface area contributed by atoms with Crippen LogP contribution in [0.5, 0.6) is 0 Å². The van der Waals surface area contributed by atoms with Crippen molar-refractivity contribution in [3.05, 3.63) is 58.4 Å². The summed E-state index contributed by atoms with van der Waals surface area (Å²) in [6.07, 6.45) is 8.28. The lowest BCUT2D eigenvalue weighted by atomic mass is 10.1. The van der Waals surface area contributed by atoms with E-state index in [9.17, 15) is 4.79 Å². The molecule has 1 amide bonds. The van der Waals surface area contributed by atoms with Gasteiger partial charge in [0, 0.05) is 17.1 Å². The van der Waals surface area contributed by atoms with Crippen molar-refractivity contribution in [2.24, 2.45) is 10.1 Å². The minimum absolute atomic E-state index is 0.0955. The Morgan fingerprint density at radius 3 is 2.55 bits per heavy atom. The molecule has 0 radical (unpaired) electrons. The molecular formula is C26H31N5OS. The molecule has 0 atom stereocenters. The van der Waals surface area contributed by atoms with E-state index in [4.69, 9.17) is 5.41 Å². The lowest BCUT2D eigenvalue weighted by Gasteiger charge is -2.20. The Bertz CT molecular complexity index is 1170. The molecule has 0 fully saturated rings. The van der Waals surface area contributed by atoms with Crippen LogP contribution >= 0.6 is 11.8 Å². The van der Waals surface area contributed by atoms with Crippen molar-refractivity contribution in [1.82, 2.24) is 9.58 Å². The molecule has 2 aliphatic rings. The predicted octanol–water partition coefficient (Wildman–Crippen LogP) is 6.25. The predicted molar refractivity (Wildman–Crippen MR) is 138 cm³/mol. The zero-order chi connectivity index (χ0) is 23.5. The van der Waals surface area contributed by atoms with Gasteiger partial charge in [0.15, 0.2) is 5.84 Å². The van der Waals surface area contributed by atoms with Gasteiger partial charge < -0.3 is 4.57 Å². The Morgan fingerprint density at radius 1 is 1.09 bits per heavy atom. The molecule has 0 unspecified atom stereocenters. The molecule has 172 valence electrons. The normalized spacial score (nSPS) is 17.0. The SMILES string of the molecule is CCCCCCC1=NN2C(=N)/C(=C\c3cc(C)n(-c4ccc(CC)cc4)c3C)C(=O)N=C2S1. The number of aromatic nitrogens is 1. The number of nitrogens with zero attached hydrogens (tertiary/aromatic N) is 4. The second kappa shape index (κ2) is 9.91. The number of hydrogen-bond donors (Lipinski definition) is 1. The van der Waals surface area contributed by atoms with Crippen molar-refractivity contribution < 1.29 is 4.79 Å². The molecule has 0 aliphatic carbocycles. The lowest BCUT2D eigenvalue weighted by molar-refractivity contribution is -0.114. The monoisotopic (exact) mass is 461 g/mol. The zero-order valence-electron chi connectivity index (χ0n) is 19.8. The van der Waals surface area contributed by atoms with E-state index in [-0.39, 0.29) is 17.3 Å². The number of hydrazone groups is 1. The molecule has 3 heterocycles. The van der Waals surface area contributed by atoms with E-state index < -0.39 is 0 Å². The van der Waals surface area contributed by atoms with E-state index in [1.807, 2.05) is 6.92 Å². The van der Waals surface area contributed by atoms with Crippen molar-refractivity contribution in [1.29, 1.82) is 5.41 Å². The van der Waals surface area contributed by atoms with Crippen LogP contribution in [-0.2, 0) is 11.2 Å². The van der Waals surface area contributed by atoms with E-state index in [2.05, 4.69) is 65.8 Å². The highest BCUT2D eigenvalue weighted by Gasteiger charge is 2.35. The topological polar surface area (TPSA) is 73.8 Å². The van der Waals surface area contributed by atoms with Crippen molar-refractivity contribution in [2.45, 2.75) is 66.2 Å². The third kappa shape index (κ3) is 4.74. The van der Waals surface area contributed by atoms with Gasteiger partial charge in [0.1, 0.15) is 5.04 Å². The molecule has 1 N–H and O–H groups in total. The Hall–Kier alpha value is -2.93. The molecule has 1 aromatic heterocycles. The summed E-state index contributed by atoms with van der Waals surface area (Å²) in [5, 5.41) is 16.2. The average Bonchev–Trinajstić information content (AvgIpc) is 3.34. The van der Waals surface area contributed by atoms with Crippen LogP contribution in [0.4, 0.5) is 0 Å². The summed E-state index contributed by atoms with van der Waals surface area (Å²) in [6.45, 7) is 8.43. The van der Waals surface area contributed by atoms with Gasteiger partial charge in [-0.1, -0.05) is 45.2 Å². The van der Waals surface area contributed by atoms with Gasteiger partial charge in [-0.05, 0) is 80.3 Å². The number of amides is 1. The maximum Gasteiger partial charge on any atom is 0.283 e. The maximum atomic E-state index is 12.8. The minimum atomic E-state index is -0.377. The summed E-state index contributed by atoms with van der Waals surface area (Å²) < 4.78 is 2.18. The number of aryl methyl sites for hydroxylation is 2. The molecule has 0 bridgehead atoms. The number of unbranched alkanes of at least 4 members (excludes halogenated alkanes) is 3. The van der Waals surface area contributed by atoms with Gasteiger partial charge in [-0.3, -0.25) is 10.2 Å². The molecule has 2 aliphatic heterocycles. The fourth-order valence-corrected chi connectivity index (χ4v) is 5.13. The van der Waals surface area contributed by atoms with E-state index >= 15 is 0 Å². The molecule has 0 saturated heterocycles. The fraction of sp³-hybridized carbons (Fsp3) is 0.385. The second-order valence-corrected chi connectivity index (χ2v) is 9.55. The Morgan fingerprint density at radius 2 is 1.85 bits per heavy atom. The van der Waals surface area contributed by atoms with Crippen LogP contribution in [0.3, 0.4) is 0 Å². The molecular weight excluding hydrogens is 430 g/mol. The first-order valence-corrected chi connectivity index (χ1v) is 12.5. The first-order valence-electron chi connectivity index (χ1n) is 11.7. The van der Waals surface area contributed by atoms with Crippen LogP contribution in [0, 0.1) is 19.3 Å². The van der Waals surface area contributed by atoms with Crippen LogP contribution in [-0.4, -0.2) is 31.5 Å². The van der Waals surface area contributed by atoms with E-state index in [1.165, 1.54) is 41.6 Å². The number of hydrogen-bond acceptors (Lipinski definition) is 4. The van der Waals surface area contributed by atoms with Crippen LogP contribution in [0.2, 0.25) is 0 Å². The number of aliphatic imine (C=N–C) groups is 1. The molecule has 7 heteroatoms. The highest BCUT2D eigenvalue weighted by atomic mass is 32.2. The van der Waals surface area contributed by atoms with E-state index in [0.717, 1.165) is 46.9 Å². The highest BCUT2D eigenvalue weighted by Crippen LogP contribution is 2.31. The largest absolute Gasteiger partial charge is 0.318 e. The highest BCUT2D eigenvalue weighted by molar-refractivity contribution is 8.26. The molecule has 1 aromatic carbocycles. The number of carbonyl (C=O) groups is 1. The summed E-state index contributed by atoms with van der Waals surface area (Å²) in [4.78, 5) is 17.0. The number of fused-ring (bicyclic) bond motifs is 1. The van der Waals surface area contributed by atoms with Gasteiger partial charge in [-0.2, -0.15) is 15.1 Å². The third-order valence-electron chi connectivity index (χ3n) is 6.11. The Balaban J connectivity index is 1.59. The van der Waals surface area contributed by atoms with E-state index in [0.29, 0.717) is 5.17 Å². The first kappa shape index (κ1) is 23.2. The molecule has 0 spiro atoms. The average molecular weight is 462 g/mol. The molecule has 2 aromatic rings. The molecule has 6 nitrogen and oxygen atoms in total. The fourth-order valence-electron chi connectivity index (χ4n) is 4.20. The second-order valence-electron chi connectivity index (χ2n) is 8.51. The minimum Gasteiger partial charge on any atom is -0.318 e. The van der Waals surface area contributed by atoms with Crippen LogP contribution in [0.1, 0.15) is 68.5 Å². The molecule has 4 rings (SSSR count). The summed E-state index contributed by atoms with van der Waals surface area (Å²) in [6, 6.07) is 10.6. The summed E-state index contributed by atoms with van der Waals surface area (Å²) in [5.74, 6) is -0.281. The number of carbonyl (C=O) groups excluding carboxylic acids is 1. The smallest absolute Gasteiger partial charge is 0.283 e. The van der Waals surface area contributed by atoms with Gasteiger partial charge in [0.2, 0.25) is 5.17 Å². The summed E-state index contributed by atoms with van der Waals surface area (Å²) >= 11 is 1.41. The van der Waals surface area contributed by atoms with Gasteiger partial charge in [-0.25, -0.2) is 0 Å².